The zero-order chi connectivity index (χ0) is 13.9. The lowest BCUT2D eigenvalue weighted by Crippen LogP contribution is -2.47. The third kappa shape index (κ3) is 3.67. The van der Waals surface area contributed by atoms with Gasteiger partial charge in [0.2, 0.25) is 5.91 Å². The Hall–Kier alpha value is -0.640. The van der Waals surface area contributed by atoms with Crippen LogP contribution in [0.5, 0.6) is 0 Å². The van der Waals surface area contributed by atoms with Crippen LogP contribution in [0.3, 0.4) is 0 Å². The van der Waals surface area contributed by atoms with Crippen LogP contribution in [0.25, 0.3) is 0 Å². The molecule has 1 aliphatic carbocycles. The number of rotatable bonds is 4. The molecule has 1 amide bonds. The molecule has 0 aliphatic heterocycles. The SMILES string of the molecule is CC1CCCC(N(C)C(=O)C(C(N)=S)C(C)C)C1. The van der Waals surface area contributed by atoms with E-state index >= 15 is 0 Å². The summed E-state index contributed by atoms with van der Waals surface area (Å²) in [4.78, 5) is 14.7. The number of carbonyl (C=O) groups excluding carboxylic acids is 1. The second-order valence-electron chi connectivity index (χ2n) is 6.00. The Morgan fingerprint density at radius 3 is 2.44 bits per heavy atom. The summed E-state index contributed by atoms with van der Waals surface area (Å²) in [5, 5.41) is 0. The van der Waals surface area contributed by atoms with Crippen LogP contribution >= 0.6 is 12.2 Å². The van der Waals surface area contributed by atoms with Crippen LogP contribution in [-0.2, 0) is 4.79 Å². The van der Waals surface area contributed by atoms with Crippen LogP contribution in [0.2, 0.25) is 0 Å². The normalized spacial score (nSPS) is 25.8. The van der Waals surface area contributed by atoms with Crippen molar-refractivity contribution in [2.24, 2.45) is 23.5 Å². The Morgan fingerprint density at radius 2 is 2.00 bits per heavy atom. The van der Waals surface area contributed by atoms with E-state index in [4.69, 9.17) is 18.0 Å². The van der Waals surface area contributed by atoms with Gasteiger partial charge in [0.1, 0.15) is 0 Å². The fourth-order valence-corrected chi connectivity index (χ4v) is 3.26. The van der Waals surface area contributed by atoms with Crippen molar-refractivity contribution in [2.45, 2.75) is 52.5 Å². The van der Waals surface area contributed by atoms with Gasteiger partial charge in [0.15, 0.2) is 0 Å². The van der Waals surface area contributed by atoms with Crippen molar-refractivity contribution in [3.05, 3.63) is 0 Å². The molecule has 0 aromatic rings. The first-order valence-corrected chi connectivity index (χ1v) is 7.31. The Balaban J connectivity index is 2.72. The predicted molar refractivity (Wildman–Crippen MR) is 79.3 cm³/mol. The average Bonchev–Trinajstić information content (AvgIpc) is 2.26. The second kappa shape index (κ2) is 6.50. The summed E-state index contributed by atoms with van der Waals surface area (Å²) < 4.78 is 0. The molecule has 0 spiro atoms. The van der Waals surface area contributed by atoms with Gasteiger partial charge < -0.3 is 10.6 Å². The van der Waals surface area contributed by atoms with Gasteiger partial charge in [-0.25, -0.2) is 0 Å². The van der Waals surface area contributed by atoms with Gasteiger partial charge in [-0.15, -0.1) is 0 Å². The fourth-order valence-electron chi connectivity index (χ4n) is 2.89. The lowest BCUT2D eigenvalue weighted by molar-refractivity contribution is -0.136. The molecular weight excluding hydrogens is 244 g/mol. The van der Waals surface area contributed by atoms with Gasteiger partial charge >= 0.3 is 0 Å². The molecule has 18 heavy (non-hydrogen) atoms. The minimum absolute atomic E-state index is 0.0941. The van der Waals surface area contributed by atoms with Gasteiger partial charge in [-0.3, -0.25) is 4.79 Å². The molecular formula is C14H26N2OS. The third-order valence-corrected chi connectivity index (χ3v) is 4.30. The number of amides is 1. The van der Waals surface area contributed by atoms with Crippen LogP contribution < -0.4 is 5.73 Å². The summed E-state index contributed by atoms with van der Waals surface area (Å²) in [5.74, 6) is 0.652. The topological polar surface area (TPSA) is 46.3 Å². The standard InChI is InChI=1S/C14H26N2OS/c1-9(2)12(13(15)18)14(17)16(4)11-7-5-6-10(3)8-11/h9-12H,5-8H2,1-4H3,(H2,15,18). The molecule has 3 nitrogen and oxygen atoms in total. The van der Waals surface area contributed by atoms with E-state index in [-0.39, 0.29) is 17.7 Å². The van der Waals surface area contributed by atoms with Gasteiger partial charge in [-0.1, -0.05) is 45.8 Å². The maximum Gasteiger partial charge on any atom is 0.232 e. The third-order valence-electron chi connectivity index (χ3n) is 4.04. The largest absolute Gasteiger partial charge is 0.393 e. The summed E-state index contributed by atoms with van der Waals surface area (Å²) in [6.45, 7) is 6.26. The first-order chi connectivity index (χ1) is 8.34. The smallest absolute Gasteiger partial charge is 0.232 e. The molecule has 1 rings (SSSR count). The quantitative estimate of drug-likeness (QED) is 0.799. The van der Waals surface area contributed by atoms with E-state index in [1.165, 1.54) is 12.8 Å². The molecule has 2 N–H and O–H groups in total. The maximum atomic E-state index is 12.5. The van der Waals surface area contributed by atoms with Gasteiger partial charge in [0.25, 0.3) is 0 Å². The van der Waals surface area contributed by atoms with Crippen molar-refractivity contribution < 1.29 is 4.79 Å². The van der Waals surface area contributed by atoms with E-state index in [1.807, 2.05) is 25.8 Å². The molecule has 3 unspecified atom stereocenters. The summed E-state index contributed by atoms with van der Waals surface area (Å²) in [6, 6.07) is 0.358. The first-order valence-electron chi connectivity index (χ1n) is 6.90. The summed E-state index contributed by atoms with van der Waals surface area (Å²) in [6.07, 6.45) is 4.70. The molecule has 1 aliphatic rings. The number of hydrogen-bond acceptors (Lipinski definition) is 2. The Morgan fingerprint density at radius 1 is 1.39 bits per heavy atom. The second-order valence-corrected chi connectivity index (χ2v) is 6.47. The molecule has 0 saturated heterocycles. The van der Waals surface area contributed by atoms with Crippen LogP contribution in [0, 0.1) is 17.8 Å². The number of nitrogens with two attached hydrogens (primary N) is 1. The molecule has 0 aromatic heterocycles. The van der Waals surface area contributed by atoms with Crippen molar-refractivity contribution in [3.63, 3.8) is 0 Å². The molecule has 3 atom stereocenters. The molecule has 0 aromatic carbocycles. The predicted octanol–water partition coefficient (Wildman–Crippen LogP) is 2.58. The number of hydrogen-bond donors (Lipinski definition) is 1. The van der Waals surface area contributed by atoms with Gasteiger partial charge in [0.05, 0.1) is 10.9 Å². The number of nitrogens with zero attached hydrogens (tertiary/aromatic N) is 1. The molecule has 1 saturated carbocycles. The van der Waals surface area contributed by atoms with Crippen molar-refractivity contribution in [1.29, 1.82) is 0 Å². The first kappa shape index (κ1) is 15.4. The minimum Gasteiger partial charge on any atom is -0.393 e. The van der Waals surface area contributed by atoms with Crippen molar-refractivity contribution in [2.75, 3.05) is 7.05 Å². The Kier molecular flexibility index (Phi) is 5.57. The Labute approximate surface area is 116 Å². The monoisotopic (exact) mass is 270 g/mol. The lowest BCUT2D eigenvalue weighted by Gasteiger charge is -2.36. The van der Waals surface area contributed by atoms with Crippen molar-refractivity contribution >= 4 is 23.1 Å². The summed E-state index contributed by atoms with van der Waals surface area (Å²) in [5.41, 5.74) is 5.72. The molecule has 0 radical (unpaired) electrons. The van der Waals surface area contributed by atoms with Gasteiger partial charge in [-0.05, 0) is 24.7 Å². The average molecular weight is 270 g/mol. The zero-order valence-corrected chi connectivity index (χ0v) is 12.8. The van der Waals surface area contributed by atoms with Gasteiger partial charge in [-0.2, -0.15) is 0 Å². The highest BCUT2D eigenvalue weighted by Crippen LogP contribution is 2.28. The lowest BCUT2D eigenvalue weighted by atomic mass is 9.85. The van der Waals surface area contributed by atoms with Crippen LogP contribution in [0.4, 0.5) is 0 Å². The van der Waals surface area contributed by atoms with E-state index in [0.29, 0.717) is 16.9 Å². The van der Waals surface area contributed by atoms with E-state index < -0.39 is 0 Å². The molecule has 4 heteroatoms. The highest BCUT2D eigenvalue weighted by atomic mass is 32.1. The fraction of sp³-hybridized carbons (Fsp3) is 0.857. The van der Waals surface area contributed by atoms with Crippen LogP contribution in [-0.4, -0.2) is 28.9 Å². The number of carbonyl (C=O) groups is 1. The van der Waals surface area contributed by atoms with E-state index in [1.54, 1.807) is 0 Å². The van der Waals surface area contributed by atoms with Crippen molar-refractivity contribution in [3.8, 4) is 0 Å². The molecule has 104 valence electrons. The van der Waals surface area contributed by atoms with E-state index in [0.717, 1.165) is 12.8 Å². The van der Waals surface area contributed by atoms with Crippen LogP contribution in [0.1, 0.15) is 46.5 Å². The highest BCUT2D eigenvalue weighted by Gasteiger charge is 2.32. The van der Waals surface area contributed by atoms with Crippen LogP contribution in [0.15, 0.2) is 0 Å². The molecule has 1 fully saturated rings. The van der Waals surface area contributed by atoms with Crippen molar-refractivity contribution in [1.82, 2.24) is 4.90 Å². The Bertz CT molecular complexity index is 317. The number of thiocarbonyl (C=S) groups is 1. The molecule has 0 bridgehead atoms. The van der Waals surface area contributed by atoms with Gasteiger partial charge in [0, 0.05) is 13.1 Å². The van der Waals surface area contributed by atoms with E-state index in [2.05, 4.69) is 6.92 Å². The summed E-state index contributed by atoms with van der Waals surface area (Å²) in [7, 11) is 1.90. The zero-order valence-electron chi connectivity index (χ0n) is 12.0. The summed E-state index contributed by atoms with van der Waals surface area (Å²) >= 11 is 5.04. The minimum atomic E-state index is -0.317. The highest BCUT2D eigenvalue weighted by molar-refractivity contribution is 7.80. The maximum absolute atomic E-state index is 12.5. The molecule has 0 heterocycles. The van der Waals surface area contributed by atoms with E-state index in [9.17, 15) is 4.79 Å².